The van der Waals surface area contributed by atoms with Crippen LogP contribution in [-0.2, 0) is 15.9 Å². The Hall–Kier alpha value is -3.25. The molecule has 3 rings (SSSR count). The molecule has 13 heteroatoms. The second-order valence-electron chi connectivity index (χ2n) is 6.83. The molecule has 0 aliphatic carbocycles. The molecule has 3 aromatic rings. The van der Waals surface area contributed by atoms with Gasteiger partial charge in [-0.2, -0.15) is 17.6 Å². The first-order valence-electron chi connectivity index (χ1n) is 9.98. The van der Waals surface area contributed by atoms with E-state index in [1.54, 1.807) is 0 Å². The Morgan fingerprint density at radius 2 is 1.80 bits per heavy atom. The summed E-state index contributed by atoms with van der Waals surface area (Å²) < 4.78 is 78.4. The van der Waals surface area contributed by atoms with Gasteiger partial charge in [0, 0.05) is 18.1 Å². The van der Waals surface area contributed by atoms with Crippen LogP contribution in [0, 0.1) is 17.7 Å². The number of halogens is 5. The Kier molecular flexibility index (Phi) is 8.79. The molecule has 2 heterocycles. The molecule has 188 valence electrons. The number of hydrogen-bond acceptors (Lipinski definition) is 6. The summed E-state index contributed by atoms with van der Waals surface area (Å²) in [6, 6.07) is 5.99. The second kappa shape index (κ2) is 11.0. The zero-order chi connectivity index (χ0) is 26.6. The van der Waals surface area contributed by atoms with Crippen LogP contribution in [0.25, 0.3) is 0 Å². The number of anilines is 1. The van der Waals surface area contributed by atoms with Gasteiger partial charge in [0.25, 0.3) is 5.91 Å². The maximum atomic E-state index is 13.4. The number of aromatic nitrogens is 2. The first-order valence-corrected chi connectivity index (χ1v) is 12.3. The predicted octanol–water partition coefficient (Wildman–Crippen LogP) is 6.70. The molecule has 35 heavy (non-hydrogen) atoms. The molecule has 1 atom stereocenters. The van der Waals surface area contributed by atoms with Crippen LogP contribution in [0.4, 0.5) is 23.2 Å². The first-order chi connectivity index (χ1) is 16.3. The maximum absolute atomic E-state index is 13.4. The van der Waals surface area contributed by atoms with Crippen molar-refractivity contribution < 1.29 is 31.3 Å². The van der Waals surface area contributed by atoms with Crippen LogP contribution in [0.1, 0.15) is 35.5 Å². The van der Waals surface area contributed by atoms with Gasteiger partial charge in [0.05, 0.1) is 31.6 Å². The van der Waals surface area contributed by atoms with E-state index in [1.165, 1.54) is 25.3 Å². The lowest BCUT2D eigenvalue weighted by molar-refractivity contribution is -0.137. The number of pyridine rings is 2. The van der Waals surface area contributed by atoms with Gasteiger partial charge in [-0.15, -0.1) is 0 Å². The van der Waals surface area contributed by atoms with Gasteiger partial charge in [-0.3, -0.25) is 4.79 Å². The topological polar surface area (TPSA) is 105 Å². The molecule has 0 aliphatic heterocycles. The van der Waals surface area contributed by atoms with Crippen molar-refractivity contribution in [2.75, 3.05) is 11.6 Å². The molecule has 1 amide bonds. The molecule has 0 fully saturated rings. The molecule has 1 aromatic carbocycles. The van der Waals surface area contributed by atoms with E-state index in [2.05, 4.69) is 15.3 Å². The average molecular weight is 533 g/mol. The third-order valence-corrected chi connectivity index (χ3v) is 5.57. The number of hydrogen-bond donors (Lipinski definition) is 2. The van der Waals surface area contributed by atoms with Gasteiger partial charge in [0.1, 0.15) is 16.5 Å². The van der Waals surface area contributed by atoms with Gasteiger partial charge in [0.2, 0.25) is 5.95 Å². The van der Waals surface area contributed by atoms with Crippen LogP contribution >= 0.6 is 11.6 Å². The van der Waals surface area contributed by atoms with E-state index in [9.17, 15) is 26.6 Å². The molecule has 0 aliphatic rings. The van der Waals surface area contributed by atoms with Crippen LogP contribution in [0.15, 0.2) is 47.6 Å². The summed E-state index contributed by atoms with van der Waals surface area (Å²) in [5.74, 6) is -2.31. The molecule has 2 N–H and O–H groups in total. The number of amides is 1. The third-order valence-electron chi connectivity index (χ3n) is 4.23. The van der Waals surface area contributed by atoms with Crippen molar-refractivity contribution in [1.29, 1.82) is 4.78 Å². The van der Waals surface area contributed by atoms with Gasteiger partial charge in [-0.1, -0.05) is 25.4 Å². The summed E-state index contributed by atoms with van der Waals surface area (Å²) >= 11 is 5.78. The molecule has 0 radical (unpaired) electrons. The SMILES string of the molecule is CC.Cc1nc(F)ccc1Oc1cc(C(F)(F)F)c(Cl)cc1C(=O)Nc1ccnc(S(C)(=N)=O)c1. The Morgan fingerprint density at radius 3 is 2.37 bits per heavy atom. The lowest BCUT2D eigenvalue weighted by atomic mass is 10.1. The normalized spacial score (nSPS) is 12.7. The van der Waals surface area contributed by atoms with E-state index >= 15 is 0 Å². The minimum atomic E-state index is -4.84. The van der Waals surface area contributed by atoms with E-state index in [0.29, 0.717) is 6.07 Å². The summed E-state index contributed by atoms with van der Waals surface area (Å²) in [7, 11) is -3.18. The van der Waals surface area contributed by atoms with E-state index in [1.807, 2.05) is 13.8 Å². The molecule has 0 spiro atoms. The van der Waals surface area contributed by atoms with Crippen molar-refractivity contribution in [3.8, 4) is 11.5 Å². The average Bonchev–Trinajstić information content (AvgIpc) is 2.76. The Labute approximate surface area is 204 Å². The fourth-order valence-electron chi connectivity index (χ4n) is 2.68. The fourth-order valence-corrected chi connectivity index (χ4v) is 3.56. The van der Waals surface area contributed by atoms with Crippen LogP contribution < -0.4 is 10.1 Å². The van der Waals surface area contributed by atoms with Crippen molar-refractivity contribution in [1.82, 2.24) is 9.97 Å². The van der Waals surface area contributed by atoms with Crippen LogP contribution in [0.2, 0.25) is 5.02 Å². The second-order valence-corrected chi connectivity index (χ2v) is 9.34. The minimum Gasteiger partial charge on any atom is -0.455 e. The third kappa shape index (κ3) is 7.12. The highest BCUT2D eigenvalue weighted by molar-refractivity contribution is 7.91. The van der Waals surface area contributed by atoms with Gasteiger partial charge >= 0.3 is 6.18 Å². The molecule has 2 aromatic heterocycles. The van der Waals surface area contributed by atoms with Crippen molar-refractivity contribution in [2.45, 2.75) is 32.0 Å². The number of carbonyl (C=O) groups is 1. The Morgan fingerprint density at radius 1 is 1.14 bits per heavy atom. The van der Waals surface area contributed by atoms with Crippen LogP contribution in [-0.4, -0.2) is 26.3 Å². The smallest absolute Gasteiger partial charge is 0.417 e. The molecule has 1 unspecified atom stereocenters. The zero-order valence-corrected chi connectivity index (χ0v) is 20.5. The zero-order valence-electron chi connectivity index (χ0n) is 19.0. The lowest BCUT2D eigenvalue weighted by Gasteiger charge is -2.17. The molecule has 0 saturated carbocycles. The summed E-state index contributed by atoms with van der Waals surface area (Å²) in [4.78, 5) is 20.2. The van der Waals surface area contributed by atoms with Crippen LogP contribution in [0.3, 0.4) is 0 Å². The van der Waals surface area contributed by atoms with Gasteiger partial charge in [-0.05, 0) is 43.3 Å². The number of benzene rings is 1. The number of ether oxygens (including phenoxy) is 1. The minimum absolute atomic E-state index is 0.0387. The Balaban J connectivity index is 0.00000210. The van der Waals surface area contributed by atoms with Crippen molar-refractivity contribution >= 4 is 32.9 Å². The number of nitrogens with one attached hydrogen (secondary N) is 2. The highest BCUT2D eigenvalue weighted by atomic mass is 35.5. The Bertz CT molecular complexity index is 1350. The van der Waals surface area contributed by atoms with Gasteiger partial charge in [0.15, 0.2) is 0 Å². The summed E-state index contributed by atoms with van der Waals surface area (Å²) in [6.45, 7) is 5.38. The lowest BCUT2D eigenvalue weighted by Crippen LogP contribution is -2.15. The van der Waals surface area contributed by atoms with E-state index in [0.717, 1.165) is 24.5 Å². The summed E-state index contributed by atoms with van der Waals surface area (Å²) in [6.07, 6.45) is -2.48. The van der Waals surface area contributed by atoms with Crippen molar-refractivity contribution in [3.05, 3.63) is 70.4 Å². The highest BCUT2D eigenvalue weighted by Crippen LogP contribution is 2.40. The number of carbonyl (C=O) groups excluding carboxylic acids is 1. The monoisotopic (exact) mass is 532 g/mol. The fraction of sp³-hybridized carbons (Fsp3) is 0.227. The standard InChI is InChI=1S/C20H15ClF4N4O3S.C2H6/c1-10-15(3-4-17(22)28-10)32-16-9-13(20(23,24)25)14(21)8-12(16)19(30)29-11-5-6-27-18(7-11)33(2,26)31;1-2/h3-9,26H,1-2H3,(H,27,29,30);1-2H3. The molecule has 7 nitrogen and oxygen atoms in total. The predicted molar refractivity (Wildman–Crippen MR) is 124 cm³/mol. The van der Waals surface area contributed by atoms with Gasteiger partial charge in [-0.25, -0.2) is 19.0 Å². The maximum Gasteiger partial charge on any atom is 0.417 e. The van der Waals surface area contributed by atoms with E-state index in [4.69, 9.17) is 21.1 Å². The number of alkyl halides is 3. The number of aryl methyl sites for hydroxylation is 1. The molecule has 0 saturated heterocycles. The summed E-state index contributed by atoms with van der Waals surface area (Å²) in [5.41, 5.74) is -1.47. The van der Waals surface area contributed by atoms with E-state index < -0.39 is 44.1 Å². The van der Waals surface area contributed by atoms with Gasteiger partial charge < -0.3 is 10.1 Å². The van der Waals surface area contributed by atoms with Crippen LogP contribution in [0.5, 0.6) is 11.5 Å². The highest BCUT2D eigenvalue weighted by Gasteiger charge is 2.35. The molecular weight excluding hydrogens is 512 g/mol. The largest absolute Gasteiger partial charge is 0.455 e. The number of nitrogens with zero attached hydrogens (tertiary/aromatic N) is 2. The molecular formula is C22H21ClF4N4O3S. The first kappa shape index (κ1) is 28.0. The van der Waals surface area contributed by atoms with E-state index in [-0.39, 0.29) is 27.7 Å². The quantitative estimate of drug-likeness (QED) is 0.281. The molecule has 0 bridgehead atoms. The van der Waals surface area contributed by atoms with Crippen molar-refractivity contribution in [2.24, 2.45) is 0 Å². The summed E-state index contributed by atoms with van der Waals surface area (Å²) in [5, 5.41) is 1.58. The number of rotatable bonds is 5. The van der Waals surface area contributed by atoms with Crippen molar-refractivity contribution in [3.63, 3.8) is 0 Å².